The number of amides is 1. The number of esters is 1. The Morgan fingerprint density at radius 3 is 2.58 bits per heavy atom. The van der Waals surface area contributed by atoms with E-state index >= 15 is 0 Å². The lowest BCUT2D eigenvalue weighted by molar-refractivity contribution is -0.145. The molecule has 1 fully saturated rings. The van der Waals surface area contributed by atoms with Crippen LogP contribution in [0.4, 0.5) is 13.2 Å². The smallest absolute Gasteiger partial charge is 0.406 e. The summed E-state index contributed by atoms with van der Waals surface area (Å²) in [7, 11) is 0. The SMILES string of the molecule is Cc1cc(C(=O)COC(=O)[C@H]2CCC(=O)N2)c(C)n1CC(F)(F)F. The van der Waals surface area contributed by atoms with Crippen molar-refractivity contribution in [2.75, 3.05) is 6.61 Å². The Labute approximate surface area is 136 Å². The second-order valence-corrected chi connectivity index (χ2v) is 5.68. The second kappa shape index (κ2) is 6.66. The monoisotopic (exact) mass is 346 g/mol. The van der Waals surface area contributed by atoms with Gasteiger partial charge in [0.25, 0.3) is 0 Å². The molecule has 0 unspecified atom stereocenters. The fraction of sp³-hybridized carbons (Fsp3) is 0.533. The highest BCUT2D eigenvalue weighted by Gasteiger charge is 2.31. The molecule has 1 aromatic rings. The van der Waals surface area contributed by atoms with Gasteiger partial charge in [-0.25, -0.2) is 4.79 Å². The molecule has 9 heteroatoms. The van der Waals surface area contributed by atoms with Crippen LogP contribution in [0.1, 0.15) is 34.6 Å². The van der Waals surface area contributed by atoms with E-state index in [-0.39, 0.29) is 23.6 Å². The summed E-state index contributed by atoms with van der Waals surface area (Å²) in [5.41, 5.74) is 0.544. The first-order chi connectivity index (χ1) is 11.1. The predicted octanol–water partition coefficient (Wildman–Crippen LogP) is 1.67. The number of ketones is 1. The van der Waals surface area contributed by atoms with Gasteiger partial charge < -0.3 is 14.6 Å². The number of hydrogen-bond donors (Lipinski definition) is 1. The number of aryl methyl sites for hydroxylation is 1. The zero-order chi connectivity index (χ0) is 18.1. The van der Waals surface area contributed by atoms with E-state index in [9.17, 15) is 27.6 Å². The molecule has 1 atom stereocenters. The van der Waals surface area contributed by atoms with Crippen LogP contribution in [0.3, 0.4) is 0 Å². The fourth-order valence-electron chi connectivity index (χ4n) is 2.61. The van der Waals surface area contributed by atoms with Crippen LogP contribution in [-0.4, -0.2) is 41.1 Å². The van der Waals surface area contributed by atoms with Crippen molar-refractivity contribution in [3.63, 3.8) is 0 Å². The number of Topliss-reactive ketones (excluding diaryl/α,β-unsaturated/α-hetero) is 1. The summed E-state index contributed by atoms with van der Waals surface area (Å²) in [6.07, 6.45) is -3.89. The lowest BCUT2D eigenvalue weighted by Gasteiger charge is -2.12. The van der Waals surface area contributed by atoms with Gasteiger partial charge in [0.2, 0.25) is 11.7 Å². The summed E-state index contributed by atoms with van der Waals surface area (Å²) < 4.78 is 43.5. The highest BCUT2D eigenvalue weighted by molar-refractivity contribution is 5.99. The van der Waals surface area contributed by atoms with Crippen molar-refractivity contribution in [2.24, 2.45) is 0 Å². The largest absolute Gasteiger partial charge is 0.456 e. The summed E-state index contributed by atoms with van der Waals surface area (Å²) in [5.74, 6) is -1.58. The van der Waals surface area contributed by atoms with E-state index in [1.165, 1.54) is 19.9 Å². The Balaban J connectivity index is 2.01. The minimum absolute atomic E-state index is 0.0833. The zero-order valence-corrected chi connectivity index (χ0v) is 13.2. The van der Waals surface area contributed by atoms with Gasteiger partial charge in [0.05, 0.1) is 0 Å². The first-order valence-electron chi connectivity index (χ1n) is 7.31. The highest BCUT2D eigenvalue weighted by atomic mass is 19.4. The number of aromatic nitrogens is 1. The summed E-state index contributed by atoms with van der Waals surface area (Å²) in [6, 6.07) is 0.567. The Kier molecular flexibility index (Phi) is 5.00. The second-order valence-electron chi connectivity index (χ2n) is 5.68. The average Bonchev–Trinajstić information content (AvgIpc) is 3.02. The topological polar surface area (TPSA) is 77.4 Å². The highest BCUT2D eigenvalue weighted by Crippen LogP contribution is 2.23. The summed E-state index contributed by atoms with van der Waals surface area (Å²) in [6.45, 7) is 1.11. The van der Waals surface area contributed by atoms with E-state index < -0.39 is 37.1 Å². The van der Waals surface area contributed by atoms with Crippen LogP contribution in [0.25, 0.3) is 0 Å². The average molecular weight is 346 g/mol. The zero-order valence-electron chi connectivity index (χ0n) is 13.2. The minimum Gasteiger partial charge on any atom is -0.456 e. The summed E-state index contributed by atoms with van der Waals surface area (Å²) in [5, 5.41) is 2.41. The van der Waals surface area contributed by atoms with Gasteiger partial charge in [0, 0.05) is 23.4 Å². The lowest BCUT2D eigenvalue weighted by atomic mass is 10.1. The quantitative estimate of drug-likeness (QED) is 0.650. The van der Waals surface area contributed by atoms with Crippen molar-refractivity contribution in [3.8, 4) is 0 Å². The molecule has 2 heterocycles. The number of hydrogen-bond acceptors (Lipinski definition) is 4. The molecular formula is C15H17F3N2O4. The molecule has 0 spiro atoms. The molecule has 0 bridgehead atoms. The number of nitrogens with one attached hydrogen (secondary N) is 1. The van der Waals surface area contributed by atoms with Gasteiger partial charge >= 0.3 is 12.1 Å². The molecule has 1 N–H and O–H groups in total. The van der Waals surface area contributed by atoms with E-state index in [4.69, 9.17) is 4.74 Å². The number of alkyl halides is 3. The Hall–Kier alpha value is -2.32. The molecule has 6 nitrogen and oxygen atoms in total. The molecule has 1 amide bonds. The Morgan fingerprint density at radius 2 is 2.04 bits per heavy atom. The van der Waals surface area contributed by atoms with Crippen molar-refractivity contribution < 1.29 is 32.3 Å². The van der Waals surface area contributed by atoms with Crippen LogP contribution in [0.15, 0.2) is 6.07 Å². The number of carbonyl (C=O) groups is 3. The van der Waals surface area contributed by atoms with Crippen LogP contribution >= 0.6 is 0 Å². The first kappa shape index (κ1) is 18.0. The van der Waals surface area contributed by atoms with Gasteiger partial charge in [-0.15, -0.1) is 0 Å². The number of carbonyl (C=O) groups excluding carboxylic acids is 3. The molecule has 132 valence electrons. The van der Waals surface area contributed by atoms with Crippen LogP contribution in [0, 0.1) is 13.8 Å². The molecule has 2 rings (SSSR count). The van der Waals surface area contributed by atoms with Crippen molar-refractivity contribution in [1.82, 2.24) is 9.88 Å². The standard InChI is InChI=1S/C15H17F3N2O4/c1-8-5-10(9(2)20(8)7-15(16,17)18)12(21)6-24-14(23)11-3-4-13(22)19-11/h5,11H,3-4,6-7H2,1-2H3,(H,19,22)/t11-/m1/s1. The minimum atomic E-state index is -4.40. The molecule has 1 aliphatic heterocycles. The van der Waals surface area contributed by atoms with Crippen molar-refractivity contribution >= 4 is 17.7 Å². The first-order valence-corrected chi connectivity index (χ1v) is 7.31. The van der Waals surface area contributed by atoms with E-state index in [0.717, 1.165) is 4.57 Å². The third kappa shape index (κ3) is 4.15. The van der Waals surface area contributed by atoms with Crippen LogP contribution in [0.2, 0.25) is 0 Å². The maximum absolute atomic E-state index is 12.6. The molecule has 0 aliphatic carbocycles. The molecule has 1 aliphatic rings. The third-order valence-corrected chi connectivity index (χ3v) is 3.84. The van der Waals surface area contributed by atoms with Crippen molar-refractivity contribution in [3.05, 3.63) is 23.0 Å². The van der Waals surface area contributed by atoms with Gasteiger partial charge in [-0.05, 0) is 26.3 Å². The summed E-state index contributed by atoms with van der Waals surface area (Å²) in [4.78, 5) is 34.9. The molecule has 1 aromatic heterocycles. The molecule has 1 saturated heterocycles. The van der Waals surface area contributed by atoms with Gasteiger partial charge in [-0.2, -0.15) is 13.2 Å². The van der Waals surface area contributed by atoms with Crippen LogP contribution < -0.4 is 5.32 Å². The van der Waals surface area contributed by atoms with E-state index in [2.05, 4.69) is 5.32 Å². The maximum Gasteiger partial charge on any atom is 0.406 e. The predicted molar refractivity (Wildman–Crippen MR) is 76.4 cm³/mol. The van der Waals surface area contributed by atoms with Crippen LogP contribution in [-0.2, 0) is 20.9 Å². The Bertz CT molecular complexity index is 679. The lowest BCUT2D eigenvalue weighted by Crippen LogP contribution is -2.35. The maximum atomic E-state index is 12.6. The van der Waals surface area contributed by atoms with Crippen molar-refractivity contribution in [1.29, 1.82) is 0 Å². The van der Waals surface area contributed by atoms with E-state index in [1.54, 1.807) is 0 Å². The van der Waals surface area contributed by atoms with Crippen LogP contribution in [0.5, 0.6) is 0 Å². The molecule has 0 aromatic carbocycles. The van der Waals surface area contributed by atoms with E-state index in [1.807, 2.05) is 0 Å². The van der Waals surface area contributed by atoms with E-state index in [0.29, 0.717) is 12.1 Å². The number of ether oxygens (including phenoxy) is 1. The van der Waals surface area contributed by atoms with Gasteiger partial charge in [-0.1, -0.05) is 0 Å². The van der Waals surface area contributed by atoms with Gasteiger partial charge in [0.15, 0.2) is 6.61 Å². The Morgan fingerprint density at radius 1 is 1.38 bits per heavy atom. The third-order valence-electron chi connectivity index (χ3n) is 3.84. The molecule has 0 saturated carbocycles. The fourth-order valence-corrected chi connectivity index (χ4v) is 2.61. The molecule has 0 radical (unpaired) electrons. The molecular weight excluding hydrogens is 329 g/mol. The summed E-state index contributed by atoms with van der Waals surface area (Å²) >= 11 is 0. The number of nitrogens with zero attached hydrogens (tertiary/aromatic N) is 1. The van der Waals surface area contributed by atoms with Gasteiger partial charge in [0.1, 0.15) is 12.6 Å². The van der Waals surface area contributed by atoms with Gasteiger partial charge in [-0.3, -0.25) is 9.59 Å². The molecule has 24 heavy (non-hydrogen) atoms. The number of rotatable bonds is 5. The number of halogens is 3. The van der Waals surface area contributed by atoms with Crippen molar-refractivity contribution in [2.45, 2.75) is 45.5 Å². The normalized spacial score (nSPS) is 17.7.